The molecule has 1 N–H and O–H groups in total. The maximum absolute atomic E-state index is 11.2. The Hall–Kier alpha value is -1.52. The van der Waals surface area contributed by atoms with Crippen LogP contribution in [-0.4, -0.2) is 14.8 Å². The summed E-state index contributed by atoms with van der Waals surface area (Å²) in [4.78, 5) is 12.1. The Morgan fingerprint density at radius 3 is 2.88 bits per heavy atom. The van der Waals surface area contributed by atoms with Gasteiger partial charge >= 0.3 is 5.69 Å². The second-order valence-corrected chi connectivity index (χ2v) is 5.09. The van der Waals surface area contributed by atoms with Crippen LogP contribution in [-0.2, 0) is 7.05 Å². The first kappa shape index (κ1) is 12.0. The van der Waals surface area contributed by atoms with Gasteiger partial charge in [-0.2, -0.15) is 5.26 Å². The maximum Gasteiger partial charge on any atom is 0.343 e. The zero-order valence-corrected chi connectivity index (χ0v) is 11.2. The lowest BCUT2D eigenvalue weighted by atomic mass is 10.2. The number of hydrogen-bond acceptors (Lipinski definition) is 4. The SMILES string of the molecule is Cn1c(Sc2ccc(C#N)cc2Br)n[nH]c1=O. The van der Waals surface area contributed by atoms with Gasteiger partial charge in [0.15, 0.2) is 5.16 Å². The molecule has 0 unspecified atom stereocenters. The Morgan fingerprint density at radius 1 is 1.59 bits per heavy atom. The normalized spacial score (nSPS) is 10.2. The van der Waals surface area contributed by atoms with Crippen LogP contribution in [0.4, 0.5) is 0 Å². The Kier molecular flexibility index (Phi) is 3.36. The number of nitrogens with one attached hydrogen (secondary N) is 1. The topological polar surface area (TPSA) is 74.5 Å². The molecule has 0 fully saturated rings. The Morgan fingerprint density at radius 2 is 2.35 bits per heavy atom. The molecule has 0 spiro atoms. The van der Waals surface area contributed by atoms with Crippen LogP contribution >= 0.6 is 27.7 Å². The third-order valence-electron chi connectivity index (χ3n) is 2.10. The third-order valence-corrected chi connectivity index (χ3v) is 4.14. The van der Waals surface area contributed by atoms with E-state index in [0.29, 0.717) is 10.7 Å². The fraction of sp³-hybridized carbons (Fsp3) is 0.100. The predicted octanol–water partition coefficient (Wildman–Crippen LogP) is 1.89. The molecule has 0 saturated carbocycles. The molecule has 0 aliphatic rings. The van der Waals surface area contributed by atoms with E-state index in [4.69, 9.17) is 5.26 Å². The highest BCUT2D eigenvalue weighted by Crippen LogP contribution is 2.32. The standard InChI is InChI=1S/C10H7BrN4OS/c1-15-9(16)13-14-10(15)17-8-3-2-6(5-12)4-7(8)11/h2-4H,1H3,(H,13,16). The van der Waals surface area contributed by atoms with Crippen LogP contribution in [0.25, 0.3) is 0 Å². The number of rotatable bonds is 2. The third kappa shape index (κ3) is 2.43. The number of H-pyrrole nitrogens is 1. The molecular weight excluding hydrogens is 304 g/mol. The monoisotopic (exact) mass is 310 g/mol. The van der Waals surface area contributed by atoms with E-state index >= 15 is 0 Å². The summed E-state index contributed by atoms with van der Waals surface area (Å²) in [7, 11) is 1.64. The largest absolute Gasteiger partial charge is 0.343 e. The molecular formula is C10H7BrN4OS. The van der Waals surface area contributed by atoms with Crippen LogP contribution < -0.4 is 5.69 Å². The Labute approximate surface area is 110 Å². The van der Waals surface area contributed by atoms with Crippen molar-refractivity contribution >= 4 is 27.7 Å². The molecule has 0 aliphatic carbocycles. The highest BCUT2D eigenvalue weighted by atomic mass is 79.9. The van der Waals surface area contributed by atoms with Gasteiger partial charge in [0.25, 0.3) is 0 Å². The van der Waals surface area contributed by atoms with Gasteiger partial charge in [0, 0.05) is 16.4 Å². The van der Waals surface area contributed by atoms with Crippen molar-refractivity contribution in [3.05, 3.63) is 38.7 Å². The Balaban J connectivity index is 2.34. The molecule has 86 valence electrons. The highest BCUT2D eigenvalue weighted by molar-refractivity contribution is 9.10. The van der Waals surface area contributed by atoms with Gasteiger partial charge in [-0.25, -0.2) is 9.89 Å². The quantitative estimate of drug-likeness (QED) is 0.919. The van der Waals surface area contributed by atoms with Gasteiger partial charge in [0.1, 0.15) is 0 Å². The highest BCUT2D eigenvalue weighted by Gasteiger charge is 2.09. The number of hydrogen-bond donors (Lipinski definition) is 1. The van der Waals surface area contributed by atoms with E-state index in [0.717, 1.165) is 9.37 Å². The zero-order chi connectivity index (χ0) is 12.4. The van der Waals surface area contributed by atoms with Gasteiger partial charge in [-0.15, -0.1) is 5.10 Å². The van der Waals surface area contributed by atoms with Crippen LogP contribution in [0.5, 0.6) is 0 Å². The van der Waals surface area contributed by atoms with E-state index < -0.39 is 0 Å². The van der Waals surface area contributed by atoms with Crippen LogP contribution in [0.1, 0.15) is 5.56 Å². The molecule has 2 rings (SSSR count). The number of aromatic amines is 1. The van der Waals surface area contributed by atoms with Crippen molar-refractivity contribution in [1.82, 2.24) is 14.8 Å². The van der Waals surface area contributed by atoms with Gasteiger partial charge in [-0.05, 0) is 45.9 Å². The molecule has 1 aromatic carbocycles. The molecule has 5 nitrogen and oxygen atoms in total. The van der Waals surface area contributed by atoms with Crippen LogP contribution in [0.2, 0.25) is 0 Å². The summed E-state index contributed by atoms with van der Waals surface area (Å²) in [5, 5.41) is 15.6. The minimum Gasteiger partial charge on any atom is -0.273 e. The van der Waals surface area contributed by atoms with E-state index in [2.05, 4.69) is 32.2 Å². The summed E-state index contributed by atoms with van der Waals surface area (Å²) in [5.41, 5.74) is 0.328. The number of benzene rings is 1. The molecule has 0 bridgehead atoms. The summed E-state index contributed by atoms with van der Waals surface area (Å²) in [6.45, 7) is 0. The first-order valence-corrected chi connectivity index (χ1v) is 6.21. The van der Waals surface area contributed by atoms with E-state index in [1.807, 2.05) is 6.07 Å². The van der Waals surface area contributed by atoms with Crippen molar-refractivity contribution in [3.63, 3.8) is 0 Å². The first-order chi connectivity index (χ1) is 8.11. The van der Waals surface area contributed by atoms with Crippen LogP contribution in [0, 0.1) is 11.3 Å². The van der Waals surface area contributed by atoms with Crippen molar-refractivity contribution < 1.29 is 0 Å². The second kappa shape index (κ2) is 4.77. The lowest BCUT2D eigenvalue weighted by molar-refractivity contribution is 0.766. The lowest BCUT2D eigenvalue weighted by Gasteiger charge is -2.03. The molecule has 0 radical (unpaired) electrons. The summed E-state index contributed by atoms with van der Waals surface area (Å²) < 4.78 is 2.23. The predicted molar refractivity (Wildman–Crippen MR) is 66.8 cm³/mol. The average molecular weight is 311 g/mol. The van der Waals surface area contributed by atoms with Crippen molar-refractivity contribution in [2.24, 2.45) is 7.05 Å². The van der Waals surface area contributed by atoms with Gasteiger partial charge in [-0.3, -0.25) is 4.57 Å². The molecule has 0 amide bonds. The van der Waals surface area contributed by atoms with Gasteiger partial charge < -0.3 is 0 Å². The van der Waals surface area contributed by atoms with Gasteiger partial charge in [0.2, 0.25) is 0 Å². The Bertz CT molecular complexity index is 655. The summed E-state index contributed by atoms with van der Waals surface area (Å²) >= 11 is 4.72. The maximum atomic E-state index is 11.2. The first-order valence-electron chi connectivity index (χ1n) is 4.60. The molecule has 1 aromatic heterocycles. The van der Waals surface area contributed by atoms with Crippen molar-refractivity contribution in [1.29, 1.82) is 5.26 Å². The molecule has 2 aromatic rings. The molecule has 0 aliphatic heterocycles. The summed E-state index contributed by atoms with van der Waals surface area (Å²) in [5.74, 6) is 0. The fourth-order valence-electron chi connectivity index (χ4n) is 1.18. The number of nitriles is 1. The van der Waals surface area contributed by atoms with E-state index in [1.54, 1.807) is 19.2 Å². The lowest BCUT2D eigenvalue weighted by Crippen LogP contribution is -2.12. The second-order valence-electron chi connectivity index (χ2n) is 3.23. The smallest absolute Gasteiger partial charge is 0.273 e. The fourth-order valence-corrected chi connectivity index (χ4v) is 2.60. The average Bonchev–Trinajstić information content (AvgIpc) is 2.63. The van der Waals surface area contributed by atoms with Crippen LogP contribution in [0.3, 0.4) is 0 Å². The van der Waals surface area contributed by atoms with Crippen molar-refractivity contribution in [2.75, 3.05) is 0 Å². The van der Waals surface area contributed by atoms with Crippen molar-refractivity contribution in [3.8, 4) is 6.07 Å². The van der Waals surface area contributed by atoms with Gasteiger partial charge in [0.05, 0.1) is 11.6 Å². The summed E-state index contributed by atoms with van der Waals surface area (Å²) in [6.07, 6.45) is 0. The van der Waals surface area contributed by atoms with Crippen LogP contribution in [0.15, 0.2) is 37.5 Å². The number of halogens is 1. The minimum atomic E-state index is -0.253. The summed E-state index contributed by atoms with van der Waals surface area (Å²) in [6, 6.07) is 7.32. The molecule has 7 heteroatoms. The minimum absolute atomic E-state index is 0.253. The molecule has 0 saturated heterocycles. The van der Waals surface area contributed by atoms with E-state index in [9.17, 15) is 4.79 Å². The van der Waals surface area contributed by atoms with E-state index in [-0.39, 0.29) is 5.69 Å². The van der Waals surface area contributed by atoms with E-state index in [1.165, 1.54) is 16.3 Å². The zero-order valence-electron chi connectivity index (χ0n) is 8.77. The number of nitrogens with zero attached hydrogens (tertiary/aromatic N) is 3. The molecule has 1 heterocycles. The molecule has 0 atom stereocenters. The van der Waals surface area contributed by atoms with Crippen molar-refractivity contribution in [2.45, 2.75) is 10.1 Å². The number of aromatic nitrogens is 3. The molecule has 17 heavy (non-hydrogen) atoms. The van der Waals surface area contributed by atoms with Gasteiger partial charge in [-0.1, -0.05) is 0 Å².